The number of hydrogen-bond donors (Lipinski definition) is 1. The van der Waals surface area contributed by atoms with Crippen LogP contribution in [0.4, 0.5) is 5.69 Å². The zero-order chi connectivity index (χ0) is 16.4. The largest absolute Gasteiger partial charge is 0.398 e. The first-order valence-electron chi connectivity index (χ1n) is 8.37. The first-order valence-corrected chi connectivity index (χ1v) is 9.18. The summed E-state index contributed by atoms with van der Waals surface area (Å²) in [6.45, 7) is 8.58. The van der Waals surface area contributed by atoms with Crippen molar-refractivity contribution in [3.8, 4) is 10.6 Å². The van der Waals surface area contributed by atoms with Crippen LogP contribution in [0.5, 0.6) is 0 Å². The highest BCUT2D eigenvalue weighted by molar-refractivity contribution is 7.21. The Labute approximate surface area is 141 Å². The molecule has 23 heavy (non-hydrogen) atoms. The van der Waals surface area contributed by atoms with Crippen molar-refractivity contribution in [3.63, 3.8) is 0 Å². The summed E-state index contributed by atoms with van der Waals surface area (Å²) < 4.78 is 3.52. The molecule has 3 rings (SSSR count). The van der Waals surface area contributed by atoms with Gasteiger partial charge >= 0.3 is 0 Å². The van der Waals surface area contributed by atoms with E-state index in [2.05, 4.69) is 55.7 Å². The highest BCUT2D eigenvalue weighted by atomic mass is 32.1. The van der Waals surface area contributed by atoms with Crippen molar-refractivity contribution in [1.29, 1.82) is 0 Å². The lowest BCUT2D eigenvalue weighted by atomic mass is 10.1. The van der Waals surface area contributed by atoms with E-state index < -0.39 is 0 Å². The van der Waals surface area contributed by atoms with Crippen molar-refractivity contribution in [1.82, 2.24) is 9.56 Å². The maximum atomic E-state index is 6.21. The van der Waals surface area contributed by atoms with Gasteiger partial charge in [0, 0.05) is 17.8 Å². The van der Waals surface area contributed by atoms with Crippen LogP contribution in [-0.2, 0) is 6.42 Å². The van der Waals surface area contributed by atoms with E-state index in [0.29, 0.717) is 0 Å². The molecule has 0 fully saturated rings. The van der Waals surface area contributed by atoms with E-state index >= 15 is 0 Å². The SMILES string of the molecule is CCCc1cc2nc3ccc(=[N+](CC)CC)cc-3sc2cc1N. The number of hydrogen-bond acceptors (Lipinski definition) is 3. The Morgan fingerprint density at radius 3 is 2.57 bits per heavy atom. The zero-order valence-corrected chi connectivity index (χ0v) is 14.9. The molecule has 4 heteroatoms. The van der Waals surface area contributed by atoms with Gasteiger partial charge in [0.1, 0.15) is 13.1 Å². The van der Waals surface area contributed by atoms with Crippen molar-refractivity contribution in [2.24, 2.45) is 0 Å². The molecule has 1 aromatic rings. The Morgan fingerprint density at radius 1 is 1.09 bits per heavy atom. The topological polar surface area (TPSA) is 41.9 Å². The van der Waals surface area contributed by atoms with Crippen molar-refractivity contribution >= 4 is 27.2 Å². The number of aromatic nitrogens is 1. The van der Waals surface area contributed by atoms with E-state index in [-0.39, 0.29) is 0 Å². The Kier molecular flexibility index (Phi) is 4.62. The van der Waals surface area contributed by atoms with Gasteiger partial charge in [0.15, 0.2) is 0 Å². The predicted octanol–water partition coefficient (Wildman–Crippen LogP) is 3.75. The van der Waals surface area contributed by atoms with Gasteiger partial charge in [-0.15, -0.1) is 11.3 Å². The van der Waals surface area contributed by atoms with E-state index in [1.54, 1.807) is 11.3 Å². The summed E-state index contributed by atoms with van der Waals surface area (Å²) >= 11 is 1.78. The van der Waals surface area contributed by atoms with Crippen LogP contribution in [-0.4, -0.2) is 18.1 Å². The van der Waals surface area contributed by atoms with Gasteiger partial charge in [-0.1, -0.05) is 13.3 Å². The highest BCUT2D eigenvalue weighted by Gasteiger charge is 2.11. The van der Waals surface area contributed by atoms with Gasteiger partial charge in [0.2, 0.25) is 5.36 Å². The van der Waals surface area contributed by atoms with Gasteiger partial charge in [-0.25, -0.2) is 9.56 Å². The fourth-order valence-electron chi connectivity index (χ4n) is 2.99. The summed E-state index contributed by atoms with van der Waals surface area (Å²) in [6.07, 6.45) is 2.10. The molecule has 0 amide bonds. The van der Waals surface area contributed by atoms with Gasteiger partial charge in [0.05, 0.1) is 20.8 Å². The van der Waals surface area contributed by atoms with Gasteiger partial charge in [-0.2, -0.15) is 0 Å². The number of nitrogens with zero attached hydrogens (tertiary/aromatic N) is 2. The van der Waals surface area contributed by atoms with E-state index in [9.17, 15) is 0 Å². The summed E-state index contributed by atoms with van der Waals surface area (Å²) in [6, 6.07) is 10.8. The van der Waals surface area contributed by atoms with Crippen molar-refractivity contribution in [3.05, 3.63) is 41.3 Å². The van der Waals surface area contributed by atoms with Crippen LogP contribution in [0.25, 0.3) is 20.8 Å². The number of anilines is 1. The van der Waals surface area contributed by atoms with E-state index in [1.807, 2.05) is 0 Å². The number of nitrogens with two attached hydrogens (primary N) is 1. The molecular formula is C19H24N3S+. The fourth-order valence-corrected chi connectivity index (χ4v) is 4.02. The Bertz CT molecular complexity index is 874. The van der Waals surface area contributed by atoms with Gasteiger partial charge in [0.25, 0.3) is 0 Å². The lowest BCUT2D eigenvalue weighted by Gasteiger charge is -2.09. The molecule has 3 nitrogen and oxygen atoms in total. The van der Waals surface area contributed by atoms with Crippen molar-refractivity contribution in [2.75, 3.05) is 18.8 Å². The average molecular weight is 326 g/mol. The number of nitrogen functional groups attached to an aromatic ring is 1. The second-order valence-corrected chi connectivity index (χ2v) is 6.89. The minimum atomic E-state index is 0.886. The molecule has 0 saturated heterocycles. The molecule has 1 aliphatic carbocycles. The second kappa shape index (κ2) is 6.67. The third-order valence-corrected chi connectivity index (χ3v) is 5.37. The molecule has 1 heterocycles. The van der Waals surface area contributed by atoms with Gasteiger partial charge in [-0.3, -0.25) is 0 Å². The monoisotopic (exact) mass is 326 g/mol. The number of aryl methyl sites for hydroxylation is 1. The Balaban J connectivity index is 2.24. The molecule has 0 spiro atoms. The van der Waals surface area contributed by atoms with Crippen LogP contribution in [0.3, 0.4) is 0 Å². The molecule has 0 atom stereocenters. The second-order valence-electron chi connectivity index (χ2n) is 5.81. The molecule has 0 radical (unpaired) electrons. The van der Waals surface area contributed by atoms with Crippen LogP contribution in [0.15, 0.2) is 30.3 Å². The van der Waals surface area contributed by atoms with E-state index in [4.69, 9.17) is 10.7 Å². The predicted molar refractivity (Wildman–Crippen MR) is 101 cm³/mol. The van der Waals surface area contributed by atoms with Crippen LogP contribution in [0.2, 0.25) is 0 Å². The maximum Gasteiger partial charge on any atom is 0.201 e. The zero-order valence-electron chi connectivity index (χ0n) is 14.1. The molecule has 2 aliphatic rings. The highest BCUT2D eigenvalue weighted by Crippen LogP contribution is 2.32. The minimum absolute atomic E-state index is 0.886. The third kappa shape index (κ3) is 3.08. The number of rotatable bonds is 4. The number of fused-ring (bicyclic) bond motifs is 2. The minimum Gasteiger partial charge on any atom is -0.398 e. The summed E-state index contributed by atoms with van der Waals surface area (Å²) in [5.74, 6) is 0. The molecule has 1 aromatic carbocycles. The molecule has 2 N–H and O–H groups in total. The molecule has 0 bridgehead atoms. The normalized spacial score (nSPS) is 11.3. The number of benzene rings is 2. The Morgan fingerprint density at radius 2 is 1.87 bits per heavy atom. The summed E-state index contributed by atoms with van der Waals surface area (Å²) in [7, 11) is 0. The van der Waals surface area contributed by atoms with Crippen LogP contribution >= 0.6 is 11.3 Å². The summed E-state index contributed by atoms with van der Waals surface area (Å²) in [5, 5.41) is 1.26. The lowest BCUT2D eigenvalue weighted by Crippen LogP contribution is -2.29. The van der Waals surface area contributed by atoms with Gasteiger partial charge < -0.3 is 5.73 Å². The Hall–Kier alpha value is -1.94. The summed E-state index contributed by atoms with van der Waals surface area (Å²) in [4.78, 5) is 6.06. The first kappa shape index (κ1) is 15.9. The van der Waals surface area contributed by atoms with E-state index in [0.717, 1.165) is 47.5 Å². The van der Waals surface area contributed by atoms with Gasteiger partial charge in [-0.05, 0) is 44.0 Å². The fraction of sp³-hybridized carbons (Fsp3) is 0.368. The molecule has 0 unspecified atom stereocenters. The molecule has 0 saturated carbocycles. The molecule has 1 aliphatic heterocycles. The van der Waals surface area contributed by atoms with Crippen LogP contribution in [0.1, 0.15) is 32.8 Å². The smallest absolute Gasteiger partial charge is 0.201 e. The van der Waals surface area contributed by atoms with Crippen molar-refractivity contribution < 1.29 is 0 Å². The van der Waals surface area contributed by atoms with Crippen molar-refractivity contribution in [2.45, 2.75) is 33.6 Å². The lowest BCUT2D eigenvalue weighted by molar-refractivity contribution is 0.626. The molecule has 120 valence electrons. The van der Waals surface area contributed by atoms with Crippen LogP contribution < -0.4 is 15.7 Å². The molecule has 0 aromatic heterocycles. The quantitative estimate of drug-likeness (QED) is 0.451. The van der Waals surface area contributed by atoms with E-state index in [1.165, 1.54) is 15.8 Å². The molecular weight excluding hydrogens is 302 g/mol. The van der Waals surface area contributed by atoms with Crippen LogP contribution in [0, 0.1) is 0 Å². The third-order valence-electron chi connectivity index (χ3n) is 4.27. The average Bonchev–Trinajstić information content (AvgIpc) is 2.55. The standard InChI is InChI=1S/C19H23N3S/c1-4-7-13-10-17-19(12-15(13)20)23-18-11-14(22(5-2)6-3)8-9-16(18)21-17/h8-12,20H,4-7H2,1-3H3/p+1. The maximum absolute atomic E-state index is 6.21. The summed E-state index contributed by atoms with van der Waals surface area (Å²) in [5.41, 5.74) is 10.4. The first-order chi connectivity index (χ1) is 11.2.